The quantitative estimate of drug-likeness (QED) is 0.865. The summed E-state index contributed by atoms with van der Waals surface area (Å²) in [5.41, 5.74) is 0. The van der Waals surface area contributed by atoms with Crippen LogP contribution in [0.5, 0.6) is 0 Å². The van der Waals surface area contributed by atoms with Gasteiger partial charge in [-0.15, -0.1) is 11.3 Å². The maximum atomic E-state index is 11.6. The van der Waals surface area contributed by atoms with Crippen LogP contribution in [0.25, 0.3) is 0 Å². The van der Waals surface area contributed by atoms with Crippen LogP contribution < -0.4 is 5.32 Å². The number of rotatable bonds is 3. The van der Waals surface area contributed by atoms with Gasteiger partial charge in [0.2, 0.25) is 0 Å². The summed E-state index contributed by atoms with van der Waals surface area (Å²) in [5.74, 6) is 0.709. The number of aryl methyl sites for hydroxylation is 1. The Hall–Kier alpha value is -1.55. The molecule has 0 aromatic carbocycles. The fraction of sp³-hybridized carbons (Fsp3) is 0.182. The fourth-order valence-corrected chi connectivity index (χ4v) is 2.01. The van der Waals surface area contributed by atoms with E-state index < -0.39 is 0 Å². The van der Waals surface area contributed by atoms with E-state index in [1.54, 1.807) is 12.3 Å². The highest BCUT2D eigenvalue weighted by atomic mass is 32.1. The Morgan fingerprint density at radius 2 is 2.33 bits per heavy atom. The van der Waals surface area contributed by atoms with Crippen molar-refractivity contribution >= 4 is 17.2 Å². The average molecular weight is 221 g/mol. The van der Waals surface area contributed by atoms with Crippen LogP contribution in [0.15, 0.2) is 34.9 Å². The van der Waals surface area contributed by atoms with Gasteiger partial charge in [-0.05, 0) is 31.2 Å². The van der Waals surface area contributed by atoms with Crippen LogP contribution in [0.3, 0.4) is 0 Å². The van der Waals surface area contributed by atoms with Crippen molar-refractivity contribution in [1.29, 1.82) is 0 Å². The zero-order chi connectivity index (χ0) is 10.7. The minimum absolute atomic E-state index is 0.0514. The Balaban J connectivity index is 1.93. The van der Waals surface area contributed by atoms with Crippen molar-refractivity contribution in [3.8, 4) is 0 Å². The van der Waals surface area contributed by atoms with Gasteiger partial charge in [0.05, 0.1) is 17.7 Å². The van der Waals surface area contributed by atoms with Crippen LogP contribution in [0.2, 0.25) is 0 Å². The molecule has 2 rings (SSSR count). The van der Waals surface area contributed by atoms with E-state index in [9.17, 15) is 4.79 Å². The van der Waals surface area contributed by atoms with Gasteiger partial charge < -0.3 is 9.73 Å². The second kappa shape index (κ2) is 4.31. The average Bonchev–Trinajstić information content (AvgIpc) is 2.84. The van der Waals surface area contributed by atoms with Crippen molar-refractivity contribution in [3.05, 3.63) is 46.0 Å². The molecule has 3 nitrogen and oxygen atoms in total. The predicted octanol–water partition coefficient (Wildman–Crippen LogP) is 2.58. The number of hydrogen-bond acceptors (Lipinski definition) is 3. The highest BCUT2D eigenvalue weighted by molar-refractivity contribution is 7.13. The molecule has 0 saturated carbocycles. The van der Waals surface area contributed by atoms with E-state index in [1.165, 1.54) is 11.3 Å². The standard InChI is InChI=1S/C11H11NO2S/c1-8-4-5-10(15-8)11(13)12-7-9-3-2-6-14-9/h2-6H,7H2,1H3,(H,12,13). The largest absolute Gasteiger partial charge is 0.467 e. The normalized spacial score (nSPS) is 10.2. The first-order valence-corrected chi connectivity index (χ1v) is 5.44. The summed E-state index contributed by atoms with van der Waals surface area (Å²) < 4.78 is 5.11. The lowest BCUT2D eigenvalue weighted by molar-refractivity contribution is 0.0952. The first-order valence-electron chi connectivity index (χ1n) is 4.63. The van der Waals surface area contributed by atoms with E-state index in [-0.39, 0.29) is 5.91 Å². The molecule has 0 spiro atoms. The maximum Gasteiger partial charge on any atom is 0.261 e. The second-order valence-corrected chi connectivity index (χ2v) is 4.46. The third-order valence-corrected chi connectivity index (χ3v) is 2.97. The first-order chi connectivity index (χ1) is 7.25. The minimum atomic E-state index is -0.0514. The van der Waals surface area contributed by atoms with Crippen LogP contribution in [-0.4, -0.2) is 5.91 Å². The van der Waals surface area contributed by atoms with Crippen molar-refractivity contribution in [2.45, 2.75) is 13.5 Å². The molecule has 0 saturated heterocycles. The van der Waals surface area contributed by atoms with E-state index in [4.69, 9.17) is 4.42 Å². The van der Waals surface area contributed by atoms with Crippen LogP contribution in [0, 0.1) is 6.92 Å². The van der Waals surface area contributed by atoms with Crippen molar-refractivity contribution < 1.29 is 9.21 Å². The highest BCUT2D eigenvalue weighted by Crippen LogP contribution is 2.14. The van der Waals surface area contributed by atoms with Gasteiger partial charge in [-0.2, -0.15) is 0 Å². The Kier molecular flexibility index (Phi) is 2.87. The zero-order valence-corrected chi connectivity index (χ0v) is 9.14. The molecule has 0 fully saturated rings. The van der Waals surface area contributed by atoms with E-state index in [1.807, 2.05) is 25.1 Å². The summed E-state index contributed by atoms with van der Waals surface area (Å²) in [6.45, 7) is 2.41. The Labute approximate surface area is 91.7 Å². The molecular weight excluding hydrogens is 210 g/mol. The monoisotopic (exact) mass is 221 g/mol. The van der Waals surface area contributed by atoms with Gasteiger partial charge in [0.15, 0.2) is 0 Å². The number of carbonyl (C=O) groups excluding carboxylic acids is 1. The molecule has 0 aliphatic rings. The summed E-state index contributed by atoms with van der Waals surface area (Å²) in [6.07, 6.45) is 1.59. The molecule has 0 atom stereocenters. The maximum absolute atomic E-state index is 11.6. The number of nitrogens with one attached hydrogen (secondary N) is 1. The molecule has 1 N–H and O–H groups in total. The molecule has 2 heterocycles. The number of thiophene rings is 1. The van der Waals surface area contributed by atoms with E-state index in [0.717, 1.165) is 15.5 Å². The lowest BCUT2D eigenvalue weighted by atomic mass is 10.4. The van der Waals surface area contributed by atoms with E-state index in [2.05, 4.69) is 5.32 Å². The van der Waals surface area contributed by atoms with E-state index >= 15 is 0 Å². The molecule has 0 radical (unpaired) electrons. The Morgan fingerprint density at radius 1 is 1.47 bits per heavy atom. The van der Waals surface area contributed by atoms with Crippen LogP contribution in [-0.2, 0) is 6.54 Å². The number of amides is 1. The molecule has 0 aliphatic carbocycles. The third-order valence-electron chi connectivity index (χ3n) is 1.97. The van der Waals surface area contributed by atoms with Crippen LogP contribution >= 0.6 is 11.3 Å². The summed E-state index contributed by atoms with van der Waals surface area (Å²) in [6, 6.07) is 7.40. The predicted molar refractivity (Wildman–Crippen MR) is 58.9 cm³/mol. The topological polar surface area (TPSA) is 42.2 Å². The zero-order valence-electron chi connectivity index (χ0n) is 8.32. The molecule has 15 heavy (non-hydrogen) atoms. The fourth-order valence-electron chi connectivity index (χ4n) is 1.22. The Morgan fingerprint density at radius 3 is 2.93 bits per heavy atom. The van der Waals surface area contributed by atoms with Gasteiger partial charge in [-0.3, -0.25) is 4.79 Å². The molecular formula is C11H11NO2S. The van der Waals surface area contributed by atoms with Gasteiger partial charge in [0.1, 0.15) is 5.76 Å². The number of carbonyl (C=O) groups is 1. The molecule has 2 aromatic heterocycles. The summed E-state index contributed by atoms with van der Waals surface area (Å²) in [4.78, 5) is 13.5. The molecule has 0 unspecified atom stereocenters. The highest BCUT2D eigenvalue weighted by Gasteiger charge is 2.07. The van der Waals surface area contributed by atoms with Gasteiger partial charge in [-0.1, -0.05) is 0 Å². The summed E-state index contributed by atoms with van der Waals surface area (Å²) in [7, 11) is 0. The SMILES string of the molecule is Cc1ccc(C(=O)NCc2ccco2)s1. The van der Waals surface area contributed by atoms with Crippen molar-refractivity contribution in [3.63, 3.8) is 0 Å². The van der Waals surface area contributed by atoms with Gasteiger partial charge in [0, 0.05) is 4.88 Å². The van der Waals surface area contributed by atoms with Gasteiger partial charge in [0.25, 0.3) is 5.91 Å². The Bertz CT molecular complexity index is 445. The third kappa shape index (κ3) is 2.47. The van der Waals surface area contributed by atoms with Gasteiger partial charge in [-0.25, -0.2) is 0 Å². The first kappa shape index (κ1) is 9.98. The molecule has 1 amide bonds. The van der Waals surface area contributed by atoms with Crippen LogP contribution in [0.1, 0.15) is 20.3 Å². The van der Waals surface area contributed by atoms with Crippen molar-refractivity contribution in [2.75, 3.05) is 0 Å². The number of furan rings is 1. The minimum Gasteiger partial charge on any atom is -0.467 e. The number of hydrogen-bond donors (Lipinski definition) is 1. The smallest absolute Gasteiger partial charge is 0.261 e. The molecule has 2 aromatic rings. The van der Waals surface area contributed by atoms with Crippen LogP contribution in [0.4, 0.5) is 0 Å². The van der Waals surface area contributed by atoms with Crippen molar-refractivity contribution in [1.82, 2.24) is 5.32 Å². The lowest BCUT2D eigenvalue weighted by Gasteiger charge is -1.99. The van der Waals surface area contributed by atoms with Crippen molar-refractivity contribution in [2.24, 2.45) is 0 Å². The molecule has 78 valence electrons. The second-order valence-electron chi connectivity index (χ2n) is 3.17. The molecule has 4 heteroatoms. The molecule has 0 bridgehead atoms. The van der Waals surface area contributed by atoms with Gasteiger partial charge >= 0.3 is 0 Å². The summed E-state index contributed by atoms with van der Waals surface area (Å²) >= 11 is 1.49. The lowest BCUT2D eigenvalue weighted by Crippen LogP contribution is -2.21. The molecule has 0 aliphatic heterocycles. The summed E-state index contributed by atoms with van der Waals surface area (Å²) in [5, 5.41) is 2.79. The van der Waals surface area contributed by atoms with E-state index in [0.29, 0.717) is 6.54 Å².